The van der Waals surface area contributed by atoms with Gasteiger partial charge in [-0.05, 0) is 37.9 Å². The van der Waals surface area contributed by atoms with Crippen LogP contribution in [0.1, 0.15) is 32.6 Å². The fourth-order valence-electron chi connectivity index (χ4n) is 3.40. The van der Waals surface area contributed by atoms with Gasteiger partial charge in [-0.1, -0.05) is 13.3 Å². The molecular weight excluding hydrogens is 349 g/mol. The number of pyridine rings is 1. The standard InChI is InChI=1S/C19H26FN5O2/c1-13(12-25-8-4-3-5-9-25)10-15(26)22-19-17(20)18(23-24-19)14-6-7-16(27-2)21-11-14/h6-7,11,13H,3-5,8-10,12H2,1-2H3,(H2,22,23,24,26). The van der Waals surface area contributed by atoms with Crippen LogP contribution in [0.4, 0.5) is 10.2 Å². The third-order valence-corrected chi connectivity index (χ3v) is 4.75. The maximum Gasteiger partial charge on any atom is 0.225 e. The van der Waals surface area contributed by atoms with Crippen molar-refractivity contribution in [3.63, 3.8) is 0 Å². The second kappa shape index (κ2) is 8.94. The molecule has 146 valence electrons. The van der Waals surface area contributed by atoms with Gasteiger partial charge in [0.05, 0.1) is 7.11 Å². The number of rotatable bonds is 7. The van der Waals surface area contributed by atoms with Crippen LogP contribution in [0.5, 0.6) is 5.88 Å². The van der Waals surface area contributed by atoms with Gasteiger partial charge >= 0.3 is 0 Å². The van der Waals surface area contributed by atoms with E-state index in [1.54, 1.807) is 12.1 Å². The van der Waals surface area contributed by atoms with Gasteiger partial charge in [0, 0.05) is 30.8 Å². The molecule has 1 saturated heterocycles. The lowest BCUT2D eigenvalue weighted by atomic mass is 10.0. The number of amides is 1. The van der Waals surface area contributed by atoms with Crippen molar-refractivity contribution in [2.75, 3.05) is 32.1 Å². The molecule has 27 heavy (non-hydrogen) atoms. The average Bonchev–Trinajstić information content (AvgIpc) is 3.02. The predicted molar refractivity (Wildman–Crippen MR) is 101 cm³/mol. The van der Waals surface area contributed by atoms with Crippen molar-refractivity contribution in [1.29, 1.82) is 0 Å². The lowest BCUT2D eigenvalue weighted by molar-refractivity contribution is -0.117. The molecule has 0 aromatic carbocycles. The Morgan fingerprint density at radius 2 is 2.15 bits per heavy atom. The second-order valence-electron chi connectivity index (χ2n) is 7.07. The Morgan fingerprint density at radius 1 is 1.37 bits per heavy atom. The van der Waals surface area contributed by atoms with Crippen molar-refractivity contribution < 1.29 is 13.9 Å². The molecule has 1 aliphatic heterocycles. The molecule has 3 rings (SSSR count). The summed E-state index contributed by atoms with van der Waals surface area (Å²) in [5, 5.41) is 9.09. The van der Waals surface area contributed by atoms with Gasteiger partial charge in [-0.3, -0.25) is 9.89 Å². The monoisotopic (exact) mass is 375 g/mol. The third-order valence-electron chi connectivity index (χ3n) is 4.75. The van der Waals surface area contributed by atoms with Crippen molar-refractivity contribution in [3.8, 4) is 17.1 Å². The molecule has 2 N–H and O–H groups in total. The van der Waals surface area contributed by atoms with Crippen LogP contribution < -0.4 is 10.1 Å². The first-order valence-electron chi connectivity index (χ1n) is 9.33. The van der Waals surface area contributed by atoms with Crippen LogP contribution in [-0.2, 0) is 4.79 Å². The molecule has 0 spiro atoms. The van der Waals surface area contributed by atoms with Crippen LogP contribution in [0.2, 0.25) is 0 Å². The molecule has 0 saturated carbocycles. The largest absolute Gasteiger partial charge is 0.481 e. The van der Waals surface area contributed by atoms with E-state index < -0.39 is 5.82 Å². The molecule has 0 radical (unpaired) electrons. The number of hydrogen-bond donors (Lipinski definition) is 2. The molecule has 0 aliphatic carbocycles. The van der Waals surface area contributed by atoms with Crippen LogP contribution in [0.3, 0.4) is 0 Å². The summed E-state index contributed by atoms with van der Waals surface area (Å²) in [6.07, 6.45) is 5.56. The van der Waals surface area contributed by atoms with Crippen molar-refractivity contribution >= 4 is 11.7 Å². The number of aromatic nitrogens is 3. The molecule has 1 aliphatic rings. The zero-order valence-electron chi connectivity index (χ0n) is 15.8. The van der Waals surface area contributed by atoms with Crippen molar-refractivity contribution in [2.45, 2.75) is 32.6 Å². The van der Waals surface area contributed by atoms with E-state index in [-0.39, 0.29) is 23.3 Å². The zero-order chi connectivity index (χ0) is 19.2. The topological polar surface area (TPSA) is 83.1 Å². The van der Waals surface area contributed by atoms with E-state index in [9.17, 15) is 9.18 Å². The van der Waals surface area contributed by atoms with E-state index in [1.165, 1.54) is 32.6 Å². The Labute approximate surface area is 158 Å². The SMILES string of the molecule is COc1ccc(-c2[nH]nc(NC(=O)CC(C)CN3CCCCC3)c2F)cn1. The van der Waals surface area contributed by atoms with Crippen molar-refractivity contribution in [2.24, 2.45) is 5.92 Å². The summed E-state index contributed by atoms with van der Waals surface area (Å²) in [7, 11) is 1.51. The Morgan fingerprint density at radius 3 is 2.81 bits per heavy atom. The summed E-state index contributed by atoms with van der Waals surface area (Å²) in [4.78, 5) is 18.7. The first-order chi connectivity index (χ1) is 13.1. The number of likely N-dealkylation sites (tertiary alicyclic amines) is 1. The number of ether oxygens (including phenoxy) is 1. The third kappa shape index (κ3) is 5.03. The number of halogens is 1. The Balaban J connectivity index is 1.57. The fraction of sp³-hybridized carbons (Fsp3) is 0.526. The van der Waals surface area contributed by atoms with Gasteiger partial charge in [-0.15, -0.1) is 0 Å². The highest BCUT2D eigenvalue weighted by molar-refractivity contribution is 5.90. The Hall–Kier alpha value is -2.48. The summed E-state index contributed by atoms with van der Waals surface area (Å²) in [6.45, 7) is 5.13. The molecule has 1 amide bonds. The lowest BCUT2D eigenvalue weighted by Gasteiger charge is -2.28. The number of H-pyrrole nitrogens is 1. The smallest absolute Gasteiger partial charge is 0.225 e. The van der Waals surface area contributed by atoms with Crippen LogP contribution in [0, 0.1) is 11.7 Å². The fourth-order valence-corrected chi connectivity index (χ4v) is 3.40. The number of carbonyl (C=O) groups is 1. The van der Waals surface area contributed by atoms with Crippen LogP contribution >= 0.6 is 0 Å². The van der Waals surface area contributed by atoms with Gasteiger partial charge < -0.3 is 15.0 Å². The number of nitrogens with zero attached hydrogens (tertiary/aromatic N) is 3. The molecule has 1 unspecified atom stereocenters. The number of anilines is 1. The highest BCUT2D eigenvalue weighted by Gasteiger charge is 2.20. The summed E-state index contributed by atoms with van der Waals surface area (Å²) >= 11 is 0. The van der Waals surface area contributed by atoms with E-state index in [0.29, 0.717) is 17.9 Å². The second-order valence-corrected chi connectivity index (χ2v) is 7.07. The van der Waals surface area contributed by atoms with Gasteiger partial charge in [0.2, 0.25) is 11.8 Å². The van der Waals surface area contributed by atoms with Gasteiger partial charge in [-0.25, -0.2) is 9.37 Å². The maximum absolute atomic E-state index is 14.6. The quantitative estimate of drug-likeness (QED) is 0.777. The van der Waals surface area contributed by atoms with E-state index in [2.05, 4.69) is 25.4 Å². The molecule has 8 heteroatoms. The number of carbonyl (C=O) groups excluding carboxylic acids is 1. The number of hydrogen-bond acceptors (Lipinski definition) is 5. The molecule has 2 aromatic heterocycles. The van der Waals surface area contributed by atoms with E-state index in [4.69, 9.17) is 4.74 Å². The minimum atomic E-state index is -0.598. The Bertz CT molecular complexity index is 756. The molecular formula is C19H26FN5O2. The van der Waals surface area contributed by atoms with Gasteiger partial charge in [0.15, 0.2) is 11.6 Å². The molecule has 0 bridgehead atoms. The highest BCUT2D eigenvalue weighted by Crippen LogP contribution is 2.25. The van der Waals surface area contributed by atoms with Crippen LogP contribution in [0.25, 0.3) is 11.3 Å². The van der Waals surface area contributed by atoms with E-state index >= 15 is 0 Å². The number of nitrogens with one attached hydrogen (secondary N) is 2. The molecule has 3 heterocycles. The first kappa shape index (κ1) is 19.3. The van der Waals surface area contributed by atoms with Crippen LogP contribution in [0.15, 0.2) is 18.3 Å². The zero-order valence-corrected chi connectivity index (χ0v) is 15.8. The molecule has 2 aromatic rings. The maximum atomic E-state index is 14.6. The molecule has 1 atom stereocenters. The van der Waals surface area contributed by atoms with Gasteiger partial charge in [-0.2, -0.15) is 5.10 Å². The van der Waals surface area contributed by atoms with Crippen molar-refractivity contribution in [1.82, 2.24) is 20.1 Å². The Kier molecular flexibility index (Phi) is 6.39. The number of methoxy groups -OCH3 is 1. The normalized spacial score (nSPS) is 16.1. The van der Waals surface area contributed by atoms with Crippen molar-refractivity contribution in [3.05, 3.63) is 24.1 Å². The molecule has 7 nitrogen and oxygen atoms in total. The predicted octanol–water partition coefficient (Wildman–Crippen LogP) is 3.07. The van der Waals surface area contributed by atoms with E-state index in [1.807, 2.05) is 6.92 Å². The summed E-state index contributed by atoms with van der Waals surface area (Å²) < 4.78 is 19.6. The number of aromatic amines is 1. The summed E-state index contributed by atoms with van der Waals surface area (Å²) in [6, 6.07) is 3.31. The van der Waals surface area contributed by atoms with Crippen LogP contribution in [-0.4, -0.2) is 52.7 Å². The minimum absolute atomic E-state index is 0.0870. The molecule has 1 fully saturated rings. The van der Waals surface area contributed by atoms with E-state index in [0.717, 1.165) is 19.6 Å². The highest BCUT2D eigenvalue weighted by atomic mass is 19.1. The van der Waals surface area contributed by atoms with Gasteiger partial charge in [0.25, 0.3) is 0 Å². The summed E-state index contributed by atoms with van der Waals surface area (Å²) in [5.41, 5.74) is 0.710. The first-order valence-corrected chi connectivity index (χ1v) is 9.33. The average molecular weight is 375 g/mol. The van der Waals surface area contributed by atoms with Gasteiger partial charge in [0.1, 0.15) is 5.69 Å². The minimum Gasteiger partial charge on any atom is -0.481 e. The number of piperidine rings is 1. The summed E-state index contributed by atoms with van der Waals surface area (Å²) in [5.74, 6) is -0.274. The lowest BCUT2D eigenvalue weighted by Crippen LogP contribution is -2.34.